The van der Waals surface area contributed by atoms with Crippen LogP contribution in [0.25, 0.3) is 0 Å². The van der Waals surface area contributed by atoms with E-state index in [9.17, 15) is 61.0 Å². The molecule has 19 nitrogen and oxygen atoms in total. The van der Waals surface area contributed by atoms with E-state index in [1.54, 1.807) is 0 Å². The van der Waals surface area contributed by atoms with Crippen LogP contribution in [0.2, 0.25) is 0 Å². The fraction of sp³-hybridized carbons (Fsp3) is 0.983. The number of carbonyl (C=O) groups is 1. The molecule has 0 radical (unpaired) electrons. The van der Waals surface area contributed by atoms with Gasteiger partial charge in [0, 0.05) is 6.42 Å². The van der Waals surface area contributed by atoms with Gasteiger partial charge in [-0.1, -0.05) is 219 Å². The maximum absolute atomic E-state index is 13.3. The van der Waals surface area contributed by atoms with Crippen molar-refractivity contribution in [2.75, 3.05) is 26.4 Å². The van der Waals surface area contributed by atoms with Crippen molar-refractivity contribution in [3.63, 3.8) is 0 Å². The first-order chi connectivity index (χ1) is 37.8. The molecule has 462 valence electrons. The van der Waals surface area contributed by atoms with Crippen LogP contribution in [-0.4, -0.2) is 193 Å². The van der Waals surface area contributed by atoms with Gasteiger partial charge in [0.2, 0.25) is 5.91 Å². The van der Waals surface area contributed by atoms with Crippen molar-refractivity contribution in [3.8, 4) is 0 Å². The number of nitrogens with one attached hydrogen (secondary N) is 1. The van der Waals surface area contributed by atoms with Crippen LogP contribution in [-0.2, 0) is 33.2 Å². The van der Waals surface area contributed by atoms with Gasteiger partial charge in [-0.3, -0.25) is 4.79 Å². The molecule has 12 N–H and O–H groups in total. The Bertz CT molecular complexity index is 1440. The Balaban J connectivity index is 1.34. The Morgan fingerprint density at radius 1 is 0.410 bits per heavy atom. The Labute approximate surface area is 468 Å². The molecule has 0 spiro atoms. The van der Waals surface area contributed by atoms with Gasteiger partial charge in [-0.2, -0.15) is 0 Å². The van der Waals surface area contributed by atoms with Gasteiger partial charge < -0.3 is 89.9 Å². The lowest BCUT2D eigenvalue weighted by Gasteiger charge is -2.48. The van der Waals surface area contributed by atoms with Crippen LogP contribution in [0.1, 0.15) is 239 Å². The van der Waals surface area contributed by atoms with Crippen LogP contribution < -0.4 is 5.32 Å². The smallest absolute Gasteiger partial charge is 0.220 e. The Morgan fingerprint density at radius 3 is 1.12 bits per heavy atom. The van der Waals surface area contributed by atoms with Gasteiger partial charge in [-0.25, -0.2) is 0 Å². The van der Waals surface area contributed by atoms with Crippen molar-refractivity contribution < 1.29 is 89.4 Å². The van der Waals surface area contributed by atoms with Gasteiger partial charge in [-0.15, -0.1) is 0 Å². The lowest BCUT2D eigenvalue weighted by Crippen LogP contribution is -2.66. The quantitative estimate of drug-likeness (QED) is 0.0312. The van der Waals surface area contributed by atoms with E-state index in [0.29, 0.717) is 12.8 Å². The molecule has 3 saturated heterocycles. The Morgan fingerprint density at radius 2 is 0.731 bits per heavy atom. The van der Waals surface area contributed by atoms with Crippen molar-refractivity contribution in [1.82, 2.24) is 5.32 Å². The summed E-state index contributed by atoms with van der Waals surface area (Å²) in [5.41, 5.74) is 0. The second-order valence-corrected chi connectivity index (χ2v) is 22.9. The minimum absolute atomic E-state index is 0.243. The number of aliphatic hydroxyl groups is 11. The molecule has 3 rings (SSSR count). The molecule has 3 fully saturated rings. The summed E-state index contributed by atoms with van der Waals surface area (Å²) in [6.45, 7) is 1.73. The molecule has 3 heterocycles. The van der Waals surface area contributed by atoms with Crippen LogP contribution in [0.3, 0.4) is 0 Å². The van der Waals surface area contributed by atoms with Crippen LogP contribution >= 0.6 is 0 Å². The van der Waals surface area contributed by atoms with Crippen LogP contribution in [0.4, 0.5) is 0 Å². The third-order valence-corrected chi connectivity index (χ3v) is 16.2. The van der Waals surface area contributed by atoms with E-state index in [1.165, 1.54) is 148 Å². The highest BCUT2D eigenvalue weighted by Gasteiger charge is 2.53. The average Bonchev–Trinajstić information content (AvgIpc) is 3.45. The zero-order valence-electron chi connectivity index (χ0n) is 48.2. The summed E-state index contributed by atoms with van der Waals surface area (Å²) >= 11 is 0. The zero-order chi connectivity index (χ0) is 56.9. The fourth-order valence-corrected chi connectivity index (χ4v) is 11.0. The molecule has 0 aromatic rings. The number of aliphatic hydroxyl groups excluding tert-OH is 11. The van der Waals surface area contributed by atoms with E-state index < -0.39 is 124 Å². The summed E-state index contributed by atoms with van der Waals surface area (Å²) in [4.78, 5) is 13.3. The average molecular weight is 1120 g/mol. The van der Waals surface area contributed by atoms with E-state index in [2.05, 4.69) is 19.2 Å². The Hall–Kier alpha value is -1.21. The number of hydrogen-bond donors (Lipinski definition) is 12. The summed E-state index contributed by atoms with van der Waals surface area (Å²) in [5, 5.41) is 120. The summed E-state index contributed by atoms with van der Waals surface area (Å²) in [6, 6.07) is -0.877. The van der Waals surface area contributed by atoms with Gasteiger partial charge in [0.25, 0.3) is 0 Å². The molecular formula is C59H113NO18. The summed E-state index contributed by atoms with van der Waals surface area (Å²) in [5.74, 6) is -0.243. The maximum Gasteiger partial charge on any atom is 0.220 e. The minimum Gasteiger partial charge on any atom is -0.394 e. The zero-order valence-corrected chi connectivity index (χ0v) is 48.2. The van der Waals surface area contributed by atoms with E-state index in [1.807, 2.05) is 0 Å². The molecule has 0 aliphatic carbocycles. The molecule has 0 aromatic heterocycles. The molecule has 17 atom stereocenters. The van der Waals surface area contributed by atoms with Gasteiger partial charge in [0.15, 0.2) is 18.9 Å². The number of hydrogen-bond acceptors (Lipinski definition) is 18. The molecule has 0 bridgehead atoms. The highest BCUT2D eigenvalue weighted by atomic mass is 16.8. The second-order valence-electron chi connectivity index (χ2n) is 22.9. The largest absolute Gasteiger partial charge is 0.394 e. The number of amides is 1. The normalized spacial score (nSPS) is 30.4. The molecule has 3 aliphatic rings. The van der Waals surface area contributed by atoms with E-state index in [-0.39, 0.29) is 18.9 Å². The van der Waals surface area contributed by atoms with Crippen LogP contribution in [0.5, 0.6) is 0 Å². The first kappa shape index (κ1) is 71.1. The third kappa shape index (κ3) is 27.0. The van der Waals surface area contributed by atoms with Gasteiger partial charge in [-0.05, 0) is 12.8 Å². The lowest BCUT2D eigenvalue weighted by atomic mass is 9.96. The fourth-order valence-electron chi connectivity index (χ4n) is 11.0. The minimum atomic E-state index is -1.97. The summed E-state index contributed by atoms with van der Waals surface area (Å²) < 4.78 is 34.2. The molecule has 3 aliphatic heterocycles. The second kappa shape index (κ2) is 43.4. The molecule has 17 unspecified atom stereocenters. The number of ether oxygens (including phenoxy) is 6. The molecule has 1 amide bonds. The topological polar surface area (TPSA) is 307 Å². The first-order valence-corrected chi connectivity index (χ1v) is 31.3. The molecular weight excluding hydrogens is 1010 g/mol. The molecule has 0 aromatic carbocycles. The van der Waals surface area contributed by atoms with E-state index in [0.717, 1.165) is 57.8 Å². The molecule has 78 heavy (non-hydrogen) atoms. The van der Waals surface area contributed by atoms with Crippen molar-refractivity contribution in [1.29, 1.82) is 0 Å². The number of unbranched alkanes of at least 4 members (excludes halogenated alkanes) is 31. The maximum atomic E-state index is 13.3. The third-order valence-electron chi connectivity index (χ3n) is 16.2. The van der Waals surface area contributed by atoms with Crippen LogP contribution in [0.15, 0.2) is 0 Å². The first-order valence-electron chi connectivity index (χ1n) is 31.3. The highest BCUT2D eigenvalue weighted by Crippen LogP contribution is 2.33. The Kier molecular flexibility index (Phi) is 39.6. The standard InChI is InChI=1S/C59H113NO18/c1-3-5-7-9-11-12-13-14-15-16-17-18-19-20-21-22-23-24-25-26-27-28-29-30-31-33-35-37-47(65)60-42(43(64)36-34-32-10-8-6-4-2)41-73-57-53(71)50(68)55(45(39-62)75-57)78-59-54(72)51(69)56(46(40-63)76-59)77-58-52(70)49(67)48(66)44(38-61)74-58/h42-46,48-59,61-64,66-72H,3-41H2,1-2H3,(H,60,65). The van der Waals surface area contributed by atoms with Gasteiger partial charge in [0.1, 0.15) is 73.2 Å². The predicted molar refractivity (Wildman–Crippen MR) is 296 cm³/mol. The monoisotopic (exact) mass is 1120 g/mol. The summed E-state index contributed by atoms with van der Waals surface area (Å²) in [7, 11) is 0. The number of carbonyl (C=O) groups excluding carboxylic acids is 1. The van der Waals surface area contributed by atoms with E-state index >= 15 is 0 Å². The van der Waals surface area contributed by atoms with Crippen molar-refractivity contribution in [3.05, 3.63) is 0 Å². The van der Waals surface area contributed by atoms with Crippen molar-refractivity contribution >= 4 is 5.91 Å². The highest BCUT2D eigenvalue weighted by molar-refractivity contribution is 5.76. The molecule has 19 heteroatoms. The molecule has 0 saturated carbocycles. The van der Waals surface area contributed by atoms with E-state index in [4.69, 9.17) is 28.4 Å². The van der Waals surface area contributed by atoms with Gasteiger partial charge in [0.05, 0.1) is 38.6 Å². The summed E-state index contributed by atoms with van der Waals surface area (Å²) in [6.07, 6.45) is 15.5. The predicted octanol–water partition coefficient (Wildman–Crippen LogP) is 5.99. The van der Waals surface area contributed by atoms with Crippen molar-refractivity contribution in [2.45, 2.75) is 343 Å². The number of rotatable bonds is 47. The van der Waals surface area contributed by atoms with Crippen LogP contribution in [0, 0.1) is 0 Å². The SMILES string of the molecule is CCCCCCCCCCCCCCCCCCCCCCCCCCCCCC(=O)NC(COC1OC(CO)C(OC2OC(CO)C(OC3OC(CO)C(O)C(O)C3O)C(O)C2O)C(O)C1O)C(O)CCCCCCCC. The van der Waals surface area contributed by atoms with Gasteiger partial charge >= 0.3 is 0 Å². The van der Waals surface area contributed by atoms with Crippen molar-refractivity contribution in [2.24, 2.45) is 0 Å². The lowest BCUT2D eigenvalue weighted by molar-refractivity contribution is -0.379.